The number of carbonyl (C=O) groups excluding carboxylic acids is 1. The van der Waals surface area contributed by atoms with Crippen LogP contribution in [0.1, 0.15) is 22.7 Å². The standard InChI is InChI=1S/C26H29N3O2/c1-28(2)23-14-12-22(13-15-23)25(29-17-16-21-10-6-7-11-24(21)29)18-27-26(30)31-19-20-8-4-3-5-9-20/h3-15,25H,16-19H2,1-2H3,(H,27,30). The number of hydrogen-bond donors (Lipinski definition) is 1. The molecule has 0 saturated carbocycles. The van der Waals surface area contributed by atoms with Crippen molar-refractivity contribution in [3.8, 4) is 0 Å². The minimum Gasteiger partial charge on any atom is -0.445 e. The van der Waals surface area contributed by atoms with Gasteiger partial charge in [-0.15, -0.1) is 0 Å². The van der Waals surface area contributed by atoms with Crippen LogP contribution in [-0.4, -0.2) is 33.3 Å². The molecule has 1 aliphatic rings. The lowest BCUT2D eigenvalue weighted by Crippen LogP contribution is -2.37. The molecule has 3 aromatic carbocycles. The molecule has 5 heteroatoms. The van der Waals surface area contributed by atoms with Crippen LogP contribution in [-0.2, 0) is 17.8 Å². The minimum atomic E-state index is -0.397. The highest BCUT2D eigenvalue weighted by Gasteiger charge is 2.27. The van der Waals surface area contributed by atoms with Crippen LogP contribution in [0, 0.1) is 0 Å². The number of fused-ring (bicyclic) bond motifs is 1. The van der Waals surface area contributed by atoms with E-state index in [4.69, 9.17) is 4.74 Å². The minimum absolute atomic E-state index is 0.0316. The van der Waals surface area contributed by atoms with Gasteiger partial charge in [0.05, 0.1) is 6.04 Å². The van der Waals surface area contributed by atoms with Crippen LogP contribution >= 0.6 is 0 Å². The Morgan fingerprint density at radius 1 is 1.00 bits per heavy atom. The number of amides is 1. The van der Waals surface area contributed by atoms with Crippen LogP contribution in [0.5, 0.6) is 0 Å². The van der Waals surface area contributed by atoms with Crippen molar-refractivity contribution in [2.24, 2.45) is 0 Å². The second-order valence-corrected chi connectivity index (χ2v) is 8.02. The van der Waals surface area contributed by atoms with Gasteiger partial charge < -0.3 is 19.9 Å². The maximum Gasteiger partial charge on any atom is 0.407 e. The molecule has 31 heavy (non-hydrogen) atoms. The third-order valence-corrected chi connectivity index (χ3v) is 5.75. The van der Waals surface area contributed by atoms with E-state index in [1.165, 1.54) is 16.8 Å². The number of ether oxygens (including phenoxy) is 1. The Morgan fingerprint density at radius 2 is 1.71 bits per heavy atom. The highest BCUT2D eigenvalue weighted by Crippen LogP contribution is 2.35. The molecule has 0 radical (unpaired) electrons. The molecule has 1 N–H and O–H groups in total. The van der Waals surface area contributed by atoms with Crippen molar-refractivity contribution in [3.05, 3.63) is 95.6 Å². The fraction of sp³-hybridized carbons (Fsp3) is 0.269. The van der Waals surface area contributed by atoms with Gasteiger partial charge in [-0.1, -0.05) is 60.7 Å². The Labute approximate surface area is 184 Å². The van der Waals surface area contributed by atoms with Gasteiger partial charge in [-0.3, -0.25) is 0 Å². The molecule has 1 aliphatic heterocycles. The SMILES string of the molecule is CN(C)c1ccc(C(CNC(=O)OCc2ccccc2)N2CCc3ccccc32)cc1. The highest BCUT2D eigenvalue weighted by atomic mass is 16.5. The number of benzene rings is 3. The lowest BCUT2D eigenvalue weighted by Gasteiger charge is -2.31. The summed E-state index contributed by atoms with van der Waals surface area (Å²) in [5.41, 5.74) is 5.89. The molecule has 0 fully saturated rings. The third kappa shape index (κ3) is 5.00. The van der Waals surface area contributed by atoms with Gasteiger partial charge in [-0.25, -0.2) is 4.79 Å². The van der Waals surface area contributed by atoms with Gasteiger partial charge in [-0.2, -0.15) is 0 Å². The second-order valence-electron chi connectivity index (χ2n) is 8.02. The summed E-state index contributed by atoms with van der Waals surface area (Å²) in [6, 6.07) is 26.8. The normalized spacial score (nSPS) is 13.4. The van der Waals surface area contributed by atoms with Crippen LogP contribution in [0.3, 0.4) is 0 Å². The summed E-state index contributed by atoms with van der Waals surface area (Å²) in [5, 5.41) is 2.98. The summed E-state index contributed by atoms with van der Waals surface area (Å²) in [7, 11) is 4.07. The zero-order chi connectivity index (χ0) is 21.6. The van der Waals surface area contributed by atoms with E-state index in [-0.39, 0.29) is 12.6 Å². The van der Waals surface area contributed by atoms with E-state index in [1.54, 1.807) is 0 Å². The van der Waals surface area contributed by atoms with Gasteiger partial charge in [0.25, 0.3) is 0 Å². The van der Waals surface area contributed by atoms with Crippen molar-refractivity contribution < 1.29 is 9.53 Å². The van der Waals surface area contributed by atoms with E-state index in [1.807, 2.05) is 44.4 Å². The molecule has 160 valence electrons. The Balaban J connectivity index is 1.48. The quantitative estimate of drug-likeness (QED) is 0.603. The Kier molecular flexibility index (Phi) is 6.41. The maximum atomic E-state index is 12.4. The van der Waals surface area contributed by atoms with Crippen LogP contribution < -0.4 is 15.1 Å². The van der Waals surface area contributed by atoms with Crippen molar-refractivity contribution >= 4 is 17.5 Å². The zero-order valence-corrected chi connectivity index (χ0v) is 18.1. The number of alkyl carbamates (subject to hydrolysis) is 1. The number of nitrogens with one attached hydrogen (secondary N) is 1. The molecule has 4 rings (SSSR count). The van der Waals surface area contributed by atoms with Crippen LogP contribution in [0.15, 0.2) is 78.9 Å². The first kappa shape index (κ1) is 20.8. The van der Waals surface area contributed by atoms with Gasteiger partial charge >= 0.3 is 6.09 Å². The number of anilines is 2. The van der Waals surface area contributed by atoms with E-state index in [0.29, 0.717) is 6.54 Å². The maximum absolute atomic E-state index is 12.4. The average molecular weight is 416 g/mol. The van der Waals surface area contributed by atoms with Gasteiger partial charge in [-0.05, 0) is 41.3 Å². The van der Waals surface area contributed by atoms with Crippen molar-refractivity contribution in [2.45, 2.75) is 19.1 Å². The number of carbonyl (C=O) groups is 1. The molecule has 0 aromatic heterocycles. The Hall–Kier alpha value is -3.47. The van der Waals surface area contributed by atoms with Crippen molar-refractivity contribution in [1.29, 1.82) is 0 Å². The summed E-state index contributed by atoms with van der Waals surface area (Å²) < 4.78 is 5.42. The molecular formula is C26H29N3O2. The number of hydrogen-bond acceptors (Lipinski definition) is 4. The van der Waals surface area contributed by atoms with Crippen LogP contribution in [0.2, 0.25) is 0 Å². The van der Waals surface area contributed by atoms with E-state index < -0.39 is 6.09 Å². The third-order valence-electron chi connectivity index (χ3n) is 5.75. The van der Waals surface area contributed by atoms with E-state index in [2.05, 4.69) is 63.6 Å². The van der Waals surface area contributed by atoms with E-state index in [0.717, 1.165) is 24.2 Å². The number of nitrogens with zero attached hydrogens (tertiary/aromatic N) is 2. The number of rotatable bonds is 7. The molecule has 0 aliphatic carbocycles. The molecule has 1 amide bonds. The molecule has 1 atom stereocenters. The summed E-state index contributed by atoms with van der Waals surface area (Å²) in [6.07, 6.45) is 0.618. The molecule has 1 heterocycles. The largest absolute Gasteiger partial charge is 0.445 e. The predicted molar refractivity (Wildman–Crippen MR) is 126 cm³/mol. The van der Waals surface area contributed by atoms with Gasteiger partial charge in [0.2, 0.25) is 0 Å². The molecule has 0 bridgehead atoms. The molecule has 3 aromatic rings. The van der Waals surface area contributed by atoms with Gasteiger partial charge in [0, 0.05) is 38.6 Å². The zero-order valence-electron chi connectivity index (χ0n) is 18.1. The summed E-state index contributed by atoms with van der Waals surface area (Å²) >= 11 is 0. The fourth-order valence-corrected chi connectivity index (χ4v) is 4.04. The monoisotopic (exact) mass is 415 g/mol. The molecular weight excluding hydrogens is 386 g/mol. The van der Waals surface area contributed by atoms with Crippen LogP contribution in [0.25, 0.3) is 0 Å². The topological polar surface area (TPSA) is 44.8 Å². The fourth-order valence-electron chi connectivity index (χ4n) is 4.04. The molecule has 5 nitrogen and oxygen atoms in total. The lowest BCUT2D eigenvalue weighted by molar-refractivity contribution is 0.139. The van der Waals surface area contributed by atoms with Crippen LogP contribution in [0.4, 0.5) is 16.2 Å². The van der Waals surface area contributed by atoms with Crippen molar-refractivity contribution in [2.75, 3.05) is 37.0 Å². The summed E-state index contributed by atoms with van der Waals surface area (Å²) in [4.78, 5) is 16.9. The predicted octanol–water partition coefficient (Wildman–Crippen LogP) is 4.78. The van der Waals surface area contributed by atoms with Gasteiger partial charge in [0.15, 0.2) is 0 Å². The first-order chi connectivity index (χ1) is 15.1. The Bertz CT molecular complexity index is 1000. The average Bonchev–Trinajstić information content (AvgIpc) is 3.23. The van der Waals surface area contributed by atoms with Gasteiger partial charge in [0.1, 0.15) is 6.61 Å². The molecule has 0 saturated heterocycles. The Morgan fingerprint density at radius 3 is 2.45 bits per heavy atom. The second kappa shape index (κ2) is 9.56. The van der Waals surface area contributed by atoms with E-state index in [9.17, 15) is 4.79 Å². The number of para-hydroxylation sites is 1. The first-order valence-corrected chi connectivity index (χ1v) is 10.7. The van der Waals surface area contributed by atoms with E-state index >= 15 is 0 Å². The lowest BCUT2D eigenvalue weighted by atomic mass is 10.0. The van der Waals surface area contributed by atoms with Crippen molar-refractivity contribution in [3.63, 3.8) is 0 Å². The first-order valence-electron chi connectivity index (χ1n) is 10.7. The smallest absolute Gasteiger partial charge is 0.407 e. The highest BCUT2D eigenvalue weighted by molar-refractivity contribution is 5.68. The molecule has 1 unspecified atom stereocenters. The summed E-state index contributed by atoms with van der Waals surface area (Å²) in [5.74, 6) is 0. The van der Waals surface area contributed by atoms with Crippen molar-refractivity contribution in [1.82, 2.24) is 5.32 Å². The molecule has 0 spiro atoms. The summed E-state index contributed by atoms with van der Waals surface area (Å²) in [6.45, 7) is 1.67.